The van der Waals surface area contributed by atoms with E-state index in [-0.39, 0.29) is 24.6 Å². The predicted octanol–water partition coefficient (Wildman–Crippen LogP) is 2.50. The normalized spacial score (nSPS) is 14.5. The molecule has 1 unspecified atom stereocenters. The summed E-state index contributed by atoms with van der Waals surface area (Å²) < 4.78 is 31.8. The molecular formula is C17H15F2N3O3. The molecule has 0 aliphatic carbocycles. The van der Waals surface area contributed by atoms with Gasteiger partial charge in [0.15, 0.2) is 23.6 Å². The van der Waals surface area contributed by atoms with Crippen molar-refractivity contribution < 1.29 is 23.1 Å². The number of anilines is 2. The summed E-state index contributed by atoms with van der Waals surface area (Å²) in [4.78, 5) is 30.0. The Morgan fingerprint density at radius 2 is 2.16 bits per heavy atom. The van der Waals surface area contributed by atoms with Gasteiger partial charge in [0.05, 0.1) is 5.69 Å². The molecule has 1 aliphatic rings. The van der Waals surface area contributed by atoms with Crippen LogP contribution in [0.4, 0.5) is 20.3 Å². The van der Waals surface area contributed by atoms with E-state index in [0.29, 0.717) is 11.5 Å². The number of rotatable bonds is 4. The van der Waals surface area contributed by atoms with Gasteiger partial charge in [-0.15, -0.1) is 0 Å². The van der Waals surface area contributed by atoms with Crippen LogP contribution in [0.15, 0.2) is 36.5 Å². The minimum atomic E-state index is -1.07. The monoisotopic (exact) mass is 347 g/mol. The number of fused-ring (bicyclic) bond motifs is 1. The molecule has 2 aromatic rings. The number of pyridine rings is 1. The molecule has 0 saturated heterocycles. The van der Waals surface area contributed by atoms with Crippen molar-refractivity contribution in [3.8, 4) is 5.75 Å². The molecule has 1 N–H and O–H groups in total. The topological polar surface area (TPSA) is 71.5 Å². The molecule has 6 nitrogen and oxygen atoms in total. The number of ether oxygens (including phenoxy) is 1. The van der Waals surface area contributed by atoms with Gasteiger partial charge >= 0.3 is 0 Å². The van der Waals surface area contributed by atoms with Crippen LogP contribution in [-0.2, 0) is 9.59 Å². The van der Waals surface area contributed by atoms with Crippen LogP contribution in [0, 0.1) is 11.6 Å². The molecule has 2 heterocycles. The molecule has 0 radical (unpaired) electrons. The Hall–Kier alpha value is -3.03. The molecule has 0 saturated carbocycles. The Balaban J connectivity index is 1.85. The van der Waals surface area contributed by atoms with Crippen LogP contribution in [0.2, 0.25) is 0 Å². The zero-order chi connectivity index (χ0) is 18.0. The van der Waals surface area contributed by atoms with Gasteiger partial charge in [0, 0.05) is 12.3 Å². The molecule has 1 aliphatic heterocycles. The van der Waals surface area contributed by atoms with Crippen LogP contribution in [0.25, 0.3) is 0 Å². The van der Waals surface area contributed by atoms with E-state index in [1.807, 2.05) is 0 Å². The average Bonchev–Trinajstić information content (AvgIpc) is 2.61. The summed E-state index contributed by atoms with van der Waals surface area (Å²) in [5.41, 5.74) is 0.426. The van der Waals surface area contributed by atoms with Crippen molar-refractivity contribution in [3.05, 3.63) is 48.2 Å². The van der Waals surface area contributed by atoms with Crippen LogP contribution < -0.4 is 15.0 Å². The third-order valence-corrected chi connectivity index (χ3v) is 3.70. The van der Waals surface area contributed by atoms with E-state index < -0.39 is 23.6 Å². The first-order chi connectivity index (χ1) is 12.0. The highest BCUT2D eigenvalue weighted by atomic mass is 19.2. The molecule has 2 amide bonds. The maximum absolute atomic E-state index is 13.3. The van der Waals surface area contributed by atoms with Gasteiger partial charge in [-0.25, -0.2) is 13.8 Å². The predicted molar refractivity (Wildman–Crippen MR) is 86.3 cm³/mol. The Kier molecular flexibility index (Phi) is 4.60. The lowest BCUT2D eigenvalue weighted by Crippen LogP contribution is -2.48. The molecule has 3 rings (SSSR count). The fraction of sp³-hybridized carbons (Fsp3) is 0.235. The lowest BCUT2D eigenvalue weighted by Gasteiger charge is -2.30. The molecule has 0 bridgehead atoms. The van der Waals surface area contributed by atoms with Crippen molar-refractivity contribution in [2.24, 2.45) is 0 Å². The average molecular weight is 347 g/mol. The van der Waals surface area contributed by atoms with Gasteiger partial charge in [-0.2, -0.15) is 0 Å². The molecule has 130 valence electrons. The zero-order valence-electron chi connectivity index (χ0n) is 13.3. The Morgan fingerprint density at radius 3 is 2.88 bits per heavy atom. The van der Waals surface area contributed by atoms with Gasteiger partial charge < -0.3 is 10.1 Å². The standard InChI is InChI=1S/C17H15F2N3O3/c1-2-14(25-10-5-6-11(18)12(19)8-10)17(24)22-9-15(23)21-13-4-3-7-20-16(13)22/h3-8,14H,2,9H2,1H3,(H,21,23). The molecular weight excluding hydrogens is 332 g/mol. The maximum atomic E-state index is 13.3. The molecule has 1 aromatic carbocycles. The Labute approximate surface area is 142 Å². The van der Waals surface area contributed by atoms with Crippen molar-refractivity contribution in [3.63, 3.8) is 0 Å². The highest BCUT2D eigenvalue weighted by Crippen LogP contribution is 2.28. The van der Waals surface area contributed by atoms with Gasteiger partial charge in [0.2, 0.25) is 5.91 Å². The number of carbonyl (C=O) groups is 2. The van der Waals surface area contributed by atoms with E-state index in [1.165, 1.54) is 17.2 Å². The van der Waals surface area contributed by atoms with Gasteiger partial charge in [0.25, 0.3) is 5.91 Å². The van der Waals surface area contributed by atoms with Gasteiger partial charge in [-0.1, -0.05) is 6.92 Å². The first-order valence-corrected chi connectivity index (χ1v) is 7.67. The summed E-state index contributed by atoms with van der Waals surface area (Å²) in [6, 6.07) is 6.32. The van der Waals surface area contributed by atoms with Gasteiger partial charge in [0.1, 0.15) is 12.3 Å². The fourth-order valence-corrected chi connectivity index (χ4v) is 2.50. The third kappa shape index (κ3) is 3.42. The number of carbonyl (C=O) groups excluding carboxylic acids is 2. The van der Waals surface area contributed by atoms with Crippen molar-refractivity contribution in [2.45, 2.75) is 19.4 Å². The SMILES string of the molecule is CCC(Oc1ccc(F)c(F)c1)C(=O)N1CC(=O)Nc2cccnc21. The second-order valence-electron chi connectivity index (χ2n) is 5.44. The summed E-state index contributed by atoms with van der Waals surface area (Å²) in [6.45, 7) is 1.52. The first kappa shape index (κ1) is 16.8. The highest BCUT2D eigenvalue weighted by molar-refractivity contribution is 6.10. The molecule has 1 atom stereocenters. The number of benzene rings is 1. The zero-order valence-corrected chi connectivity index (χ0v) is 13.3. The van der Waals surface area contributed by atoms with E-state index in [1.54, 1.807) is 19.1 Å². The van der Waals surface area contributed by atoms with Gasteiger partial charge in [-0.05, 0) is 30.7 Å². The number of nitrogens with zero attached hydrogens (tertiary/aromatic N) is 2. The van der Waals surface area contributed by atoms with E-state index >= 15 is 0 Å². The smallest absolute Gasteiger partial charge is 0.269 e. The Bertz CT molecular complexity index is 829. The minimum absolute atomic E-state index is 0.0294. The van der Waals surface area contributed by atoms with Crippen molar-refractivity contribution in [1.82, 2.24) is 4.98 Å². The van der Waals surface area contributed by atoms with Crippen LogP contribution in [0.5, 0.6) is 5.75 Å². The second kappa shape index (κ2) is 6.84. The largest absolute Gasteiger partial charge is 0.480 e. The van der Waals surface area contributed by atoms with Crippen LogP contribution in [-0.4, -0.2) is 29.4 Å². The number of nitrogens with one attached hydrogen (secondary N) is 1. The maximum Gasteiger partial charge on any atom is 0.269 e. The summed E-state index contributed by atoms with van der Waals surface area (Å²) in [6.07, 6.45) is 0.817. The number of hydrogen-bond acceptors (Lipinski definition) is 4. The molecule has 8 heteroatoms. The van der Waals surface area contributed by atoms with Gasteiger partial charge in [-0.3, -0.25) is 14.5 Å². The van der Waals surface area contributed by atoms with Crippen molar-refractivity contribution in [2.75, 3.05) is 16.8 Å². The lowest BCUT2D eigenvalue weighted by atomic mass is 10.2. The lowest BCUT2D eigenvalue weighted by molar-refractivity contribution is -0.127. The highest BCUT2D eigenvalue weighted by Gasteiger charge is 2.33. The quantitative estimate of drug-likeness (QED) is 0.922. The van der Waals surface area contributed by atoms with E-state index in [4.69, 9.17) is 4.74 Å². The Morgan fingerprint density at radius 1 is 1.36 bits per heavy atom. The molecule has 1 aromatic heterocycles. The molecule has 0 fully saturated rings. The first-order valence-electron chi connectivity index (χ1n) is 7.67. The van der Waals surface area contributed by atoms with Crippen LogP contribution >= 0.6 is 0 Å². The number of hydrogen-bond donors (Lipinski definition) is 1. The summed E-state index contributed by atoms with van der Waals surface area (Å²) >= 11 is 0. The van der Waals surface area contributed by atoms with Crippen LogP contribution in [0.1, 0.15) is 13.3 Å². The fourth-order valence-electron chi connectivity index (χ4n) is 2.50. The number of halogens is 2. The third-order valence-electron chi connectivity index (χ3n) is 3.70. The molecule has 25 heavy (non-hydrogen) atoms. The summed E-state index contributed by atoms with van der Waals surface area (Å²) in [5, 5.41) is 2.64. The number of aromatic nitrogens is 1. The summed E-state index contributed by atoms with van der Waals surface area (Å²) in [5.74, 6) is -2.55. The van der Waals surface area contributed by atoms with Crippen molar-refractivity contribution in [1.29, 1.82) is 0 Å². The van der Waals surface area contributed by atoms with E-state index in [0.717, 1.165) is 12.1 Å². The second-order valence-corrected chi connectivity index (χ2v) is 5.44. The van der Waals surface area contributed by atoms with E-state index in [9.17, 15) is 18.4 Å². The van der Waals surface area contributed by atoms with Crippen molar-refractivity contribution >= 4 is 23.3 Å². The molecule has 0 spiro atoms. The minimum Gasteiger partial charge on any atom is -0.480 e. The van der Waals surface area contributed by atoms with Crippen LogP contribution in [0.3, 0.4) is 0 Å². The van der Waals surface area contributed by atoms with E-state index in [2.05, 4.69) is 10.3 Å². The summed E-state index contributed by atoms with van der Waals surface area (Å²) in [7, 11) is 0. The number of amides is 2.